The Hall–Kier alpha value is -2.64. The van der Waals surface area contributed by atoms with Crippen LogP contribution < -0.4 is 0 Å². The van der Waals surface area contributed by atoms with Crippen molar-refractivity contribution >= 4 is 11.9 Å². The number of nitrogens with zero attached hydrogens (tertiary/aromatic N) is 4. The Labute approximate surface area is 177 Å². The second-order valence-electron chi connectivity index (χ2n) is 8.37. The van der Waals surface area contributed by atoms with E-state index in [1.165, 1.54) is 12.8 Å². The molecular weight excluding hydrogens is 382 g/mol. The van der Waals surface area contributed by atoms with Crippen molar-refractivity contribution in [3.05, 3.63) is 34.2 Å². The van der Waals surface area contributed by atoms with Crippen LogP contribution in [0.1, 0.15) is 88.7 Å². The van der Waals surface area contributed by atoms with Gasteiger partial charge in [-0.15, -0.1) is 10.2 Å². The average molecular weight is 414 g/mol. The zero-order valence-corrected chi connectivity index (χ0v) is 18.2. The fourth-order valence-electron chi connectivity index (χ4n) is 4.81. The number of ether oxygens (including phenoxy) is 1. The van der Waals surface area contributed by atoms with Gasteiger partial charge >= 0.3 is 5.97 Å². The number of nitrogens with one attached hydrogen (secondary N) is 1. The van der Waals surface area contributed by atoms with E-state index >= 15 is 0 Å². The van der Waals surface area contributed by atoms with Gasteiger partial charge in [0, 0.05) is 37.7 Å². The minimum absolute atomic E-state index is 0.0635. The highest BCUT2D eigenvalue weighted by atomic mass is 16.5. The fraction of sp³-hybridized carbons (Fsp3) is 0.636. The summed E-state index contributed by atoms with van der Waals surface area (Å²) in [6.07, 6.45) is 6.49. The van der Waals surface area contributed by atoms with Crippen LogP contribution in [0.4, 0.5) is 0 Å². The summed E-state index contributed by atoms with van der Waals surface area (Å²) < 4.78 is 7.44. The van der Waals surface area contributed by atoms with E-state index in [4.69, 9.17) is 4.74 Å². The van der Waals surface area contributed by atoms with Crippen molar-refractivity contribution < 1.29 is 14.3 Å². The maximum absolute atomic E-state index is 13.3. The van der Waals surface area contributed by atoms with Gasteiger partial charge in [-0.05, 0) is 52.0 Å². The molecule has 30 heavy (non-hydrogen) atoms. The molecule has 2 aromatic heterocycles. The number of carbonyl (C=O) groups is 2. The van der Waals surface area contributed by atoms with Crippen LogP contribution in [0.25, 0.3) is 0 Å². The topological polar surface area (TPSA) is 93.1 Å². The third-order valence-electron chi connectivity index (χ3n) is 6.34. The van der Waals surface area contributed by atoms with Gasteiger partial charge in [-0.3, -0.25) is 4.79 Å². The summed E-state index contributed by atoms with van der Waals surface area (Å²) in [5.74, 6) is 1.86. The Balaban J connectivity index is 1.54. The Morgan fingerprint density at radius 2 is 1.97 bits per heavy atom. The first-order valence-corrected chi connectivity index (χ1v) is 11.1. The summed E-state index contributed by atoms with van der Waals surface area (Å²) in [7, 11) is 0. The van der Waals surface area contributed by atoms with Crippen molar-refractivity contribution in [2.24, 2.45) is 0 Å². The minimum Gasteiger partial charge on any atom is -0.462 e. The van der Waals surface area contributed by atoms with Crippen molar-refractivity contribution in [2.45, 2.75) is 71.8 Å². The van der Waals surface area contributed by atoms with Gasteiger partial charge in [0.2, 0.25) is 0 Å². The molecule has 1 amide bonds. The molecule has 0 saturated carbocycles. The summed E-state index contributed by atoms with van der Waals surface area (Å²) in [6.45, 7) is 8.01. The van der Waals surface area contributed by atoms with Crippen molar-refractivity contribution in [3.8, 4) is 0 Å². The minimum atomic E-state index is -0.384. The van der Waals surface area contributed by atoms with E-state index in [1.54, 1.807) is 13.8 Å². The predicted octanol–water partition coefficient (Wildman–Crippen LogP) is 3.15. The van der Waals surface area contributed by atoms with E-state index < -0.39 is 0 Å². The highest BCUT2D eigenvalue weighted by Gasteiger charge is 2.32. The zero-order valence-electron chi connectivity index (χ0n) is 18.2. The van der Waals surface area contributed by atoms with Gasteiger partial charge in [-0.2, -0.15) is 0 Å². The molecule has 0 spiro atoms. The number of piperidine rings is 1. The van der Waals surface area contributed by atoms with E-state index in [0.29, 0.717) is 42.2 Å². The predicted molar refractivity (Wildman–Crippen MR) is 112 cm³/mol. The summed E-state index contributed by atoms with van der Waals surface area (Å²) in [4.78, 5) is 30.6. The van der Waals surface area contributed by atoms with Gasteiger partial charge < -0.3 is 19.2 Å². The van der Waals surface area contributed by atoms with Crippen LogP contribution >= 0.6 is 0 Å². The highest BCUT2D eigenvalue weighted by Crippen LogP contribution is 2.29. The van der Waals surface area contributed by atoms with Gasteiger partial charge in [0.25, 0.3) is 5.91 Å². The number of aryl methyl sites for hydroxylation is 2. The maximum atomic E-state index is 13.3. The molecule has 0 radical (unpaired) electrons. The number of H-pyrrole nitrogens is 1. The fourth-order valence-corrected chi connectivity index (χ4v) is 4.81. The van der Waals surface area contributed by atoms with Crippen molar-refractivity contribution in [1.29, 1.82) is 0 Å². The molecule has 2 aromatic rings. The normalized spacial score (nSPS) is 19.3. The average Bonchev–Trinajstić information content (AvgIpc) is 3.18. The van der Waals surface area contributed by atoms with Gasteiger partial charge in [-0.25, -0.2) is 4.79 Å². The van der Waals surface area contributed by atoms with Gasteiger partial charge in [0.1, 0.15) is 17.3 Å². The largest absolute Gasteiger partial charge is 0.462 e. The number of amides is 1. The number of hydrogen-bond acceptors (Lipinski definition) is 5. The quantitative estimate of drug-likeness (QED) is 0.777. The molecule has 2 aliphatic heterocycles. The number of fused-ring (bicyclic) bond motifs is 1. The van der Waals surface area contributed by atoms with E-state index in [2.05, 4.69) is 19.7 Å². The lowest BCUT2D eigenvalue weighted by Gasteiger charge is -2.32. The molecule has 4 rings (SSSR count). The first-order chi connectivity index (χ1) is 14.5. The molecule has 4 heterocycles. The maximum Gasteiger partial charge on any atom is 0.340 e. The molecule has 1 saturated heterocycles. The standard InChI is InChI=1S/C22H31N5O3/c1-4-30-22(29)18-14(2)19(23-15(18)3)21(28)26-11-8-9-16(13-26)20-25-24-17-10-6-5-7-12-27(17)20/h16,23H,4-13H2,1-3H3. The number of hydrogen-bond donors (Lipinski definition) is 1. The Kier molecular flexibility index (Phi) is 5.92. The first kappa shape index (κ1) is 20.6. The summed E-state index contributed by atoms with van der Waals surface area (Å²) in [5.41, 5.74) is 2.29. The number of likely N-dealkylation sites (tertiary alicyclic amines) is 1. The van der Waals surface area contributed by atoms with E-state index in [1.807, 2.05) is 11.8 Å². The number of aromatic nitrogens is 4. The third kappa shape index (κ3) is 3.75. The summed E-state index contributed by atoms with van der Waals surface area (Å²) in [5, 5.41) is 8.95. The van der Waals surface area contributed by atoms with Crippen LogP contribution in [0.2, 0.25) is 0 Å². The second kappa shape index (κ2) is 8.62. The highest BCUT2D eigenvalue weighted by molar-refractivity contribution is 6.00. The number of esters is 1. The Morgan fingerprint density at radius 3 is 2.77 bits per heavy atom. The molecule has 1 N–H and O–H groups in total. The van der Waals surface area contributed by atoms with Gasteiger partial charge in [-0.1, -0.05) is 6.42 Å². The smallest absolute Gasteiger partial charge is 0.340 e. The Bertz CT molecular complexity index is 945. The lowest BCUT2D eigenvalue weighted by Crippen LogP contribution is -2.40. The molecular formula is C22H31N5O3. The number of aromatic amines is 1. The molecule has 162 valence electrons. The number of rotatable bonds is 4. The van der Waals surface area contributed by atoms with Crippen LogP contribution in [-0.2, 0) is 17.7 Å². The van der Waals surface area contributed by atoms with Gasteiger partial charge in [0.15, 0.2) is 0 Å². The monoisotopic (exact) mass is 413 g/mol. The molecule has 8 heteroatoms. The van der Waals surface area contributed by atoms with Crippen molar-refractivity contribution in [1.82, 2.24) is 24.6 Å². The molecule has 0 aliphatic carbocycles. The van der Waals surface area contributed by atoms with Crippen molar-refractivity contribution in [2.75, 3.05) is 19.7 Å². The third-order valence-corrected chi connectivity index (χ3v) is 6.34. The van der Waals surface area contributed by atoms with Crippen LogP contribution in [0.3, 0.4) is 0 Å². The molecule has 1 unspecified atom stereocenters. The molecule has 8 nitrogen and oxygen atoms in total. The molecule has 0 bridgehead atoms. The van der Waals surface area contributed by atoms with E-state index in [9.17, 15) is 9.59 Å². The van der Waals surface area contributed by atoms with Crippen molar-refractivity contribution in [3.63, 3.8) is 0 Å². The van der Waals surface area contributed by atoms with Gasteiger partial charge in [0.05, 0.1) is 12.2 Å². The van der Waals surface area contributed by atoms with E-state index in [-0.39, 0.29) is 17.8 Å². The SMILES string of the molecule is CCOC(=O)c1c(C)[nH]c(C(=O)N2CCCC(c3nnc4n3CCCCC4)C2)c1C. The number of carbonyl (C=O) groups excluding carboxylic acids is 2. The zero-order chi connectivity index (χ0) is 21.3. The molecule has 0 aromatic carbocycles. The summed E-state index contributed by atoms with van der Waals surface area (Å²) >= 11 is 0. The van der Waals surface area contributed by atoms with Crippen LogP contribution in [0.15, 0.2) is 0 Å². The molecule has 1 atom stereocenters. The first-order valence-electron chi connectivity index (χ1n) is 11.1. The summed E-state index contributed by atoms with van der Waals surface area (Å²) in [6, 6.07) is 0. The van der Waals surface area contributed by atoms with Crippen LogP contribution in [0, 0.1) is 13.8 Å². The lowest BCUT2D eigenvalue weighted by molar-refractivity contribution is 0.0525. The Morgan fingerprint density at radius 1 is 1.13 bits per heavy atom. The van der Waals surface area contributed by atoms with Crippen LogP contribution in [-0.4, -0.2) is 56.2 Å². The van der Waals surface area contributed by atoms with Crippen LogP contribution in [0.5, 0.6) is 0 Å². The van der Waals surface area contributed by atoms with E-state index in [0.717, 1.165) is 43.9 Å². The lowest BCUT2D eigenvalue weighted by atomic mass is 9.96. The second-order valence-corrected chi connectivity index (χ2v) is 8.37. The molecule has 2 aliphatic rings. The molecule has 1 fully saturated rings.